The van der Waals surface area contributed by atoms with Gasteiger partial charge in [-0.2, -0.15) is 0 Å². The van der Waals surface area contributed by atoms with Crippen LogP contribution in [0.1, 0.15) is 23.2 Å². The molecule has 4 rings (SSSR count). The molecule has 0 aliphatic heterocycles. The summed E-state index contributed by atoms with van der Waals surface area (Å²) in [6.45, 7) is 0. The zero-order chi connectivity index (χ0) is 17.6. The van der Waals surface area contributed by atoms with Gasteiger partial charge in [0.2, 0.25) is 0 Å². The van der Waals surface area contributed by atoms with Crippen LogP contribution < -0.4 is 5.32 Å². The Morgan fingerprint density at radius 2 is 1.92 bits per heavy atom. The van der Waals surface area contributed by atoms with Crippen molar-refractivity contribution in [1.82, 2.24) is 19.9 Å². The van der Waals surface area contributed by atoms with Gasteiger partial charge in [-0.05, 0) is 49.2 Å². The van der Waals surface area contributed by atoms with Crippen molar-refractivity contribution in [2.24, 2.45) is 0 Å². The summed E-state index contributed by atoms with van der Waals surface area (Å²) in [6, 6.07) is 10.2. The number of carbonyl (C=O) groups excluding carboxylic acids is 1. The van der Waals surface area contributed by atoms with Crippen LogP contribution in [0.25, 0.3) is 17.0 Å². The minimum atomic E-state index is -3.25. The van der Waals surface area contributed by atoms with Crippen molar-refractivity contribution in [3.05, 3.63) is 48.2 Å². The number of aromatic nitrogens is 3. The van der Waals surface area contributed by atoms with Gasteiger partial charge < -0.3 is 9.87 Å². The number of fused-ring (bicyclic) bond motifs is 1. The molecule has 1 fully saturated rings. The second kappa shape index (κ2) is 5.75. The predicted octanol–water partition coefficient (Wildman–Crippen LogP) is 1.91. The van der Waals surface area contributed by atoms with E-state index in [4.69, 9.17) is 0 Å². The number of sulfone groups is 1. The van der Waals surface area contributed by atoms with Gasteiger partial charge in [0.1, 0.15) is 6.26 Å². The Hall–Kier alpha value is -2.58. The minimum Gasteiger partial charge on any atom is -0.610 e. The Bertz CT molecular complexity index is 1000. The Morgan fingerprint density at radius 3 is 2.56 bits per heavy atom. The first-order valence-electron chi connectivity index (χ1n) is 7.88. The van der Waals surface area contributed by atoms with E-state index < -0.39 is 10.2 Å². The molecule has 25 heavy (non-hydrogen) atoms. The molecule has 0 spiro atoms. The number of nitrogens with one attached hydrogen (secondary N) is 1. The maximum atomic E-state index is 12.2. The molecule has 2 heterocycles. The molecule has 2 aromatic heterocycles. The van der Waals surface area contributed by atoms with Crippen LogP contribution in [0.15, 0.2) is 47.5 Å². The highest BCUT2D eigenvalue weighted by Crippen LogP contribution is 2.23. The number of nitrogens with zero attached hydrogens (tertiary/aromatic N) is 3. The summed E-state index contributed by atoms with van der Waals surface area (Å²) in [5.74, 6) is 0.438. The zero-order valence-electron chi connectivity index (χ0n) is 13.5. The molecule has 1 unspecified atom stereocenters. The highest BCUT2D eigenvalue weighted by Gasteiger charge is 2.24. The summed E-state index contributed by atoms with van der Waals surface area (Å²) < 4.78 is 24.9. The lowest BCUT2D eigenvalue weighted by Crippen LogP contribution is -2.25. The molecule has 1 atom stereocenters. The van der Waals surface area contributed by atoms with Gasteiger partial charge in [-0.25, -0.2) is 0 Å². The number of pyridine rings is 1. The van der Waals surface area contributed by atoms with Crippen molar-refractivity contribution < 1.29 is 13.6 Å². The third kappa shape index (κ3) is 3.18. The number of amides is 1. The van der Waals surface area contributed by atoms with E-state index >= 15 is 0 Å². The third-order valence-electron chi connectivity index (χ3n) is 4.12. The maximum absolute atomic E-state index is 12.2. The Labute approximate surface area is 145 Å². The van der Waals surface area contributed by atoms with Gasteiger partial charge in [0.05, 0.1) is 15.8 Å². The minimum absolute atomic E-state index is 0.114. The van der Waals surface area contributed by atoms with E-state index in [0.717, 1.165) is 18.4 Å². The first-order valence-corrected chi connectivity index (χ1v) is 9.77. The summed E-state index contributed by atoms with van der Waals surface area (Å²) >= 11 is 0. The molecular formula is C17H16N4O3S. The third-order valence-corrected chi connectivity index (χ3v) is 5.25. The normalized spacial score (nSPS) is 16.6. The number of rotatable bonds is 4. The van der Waals surface area contributed by atoms with Crippen molar-refractivity contribution in [3.63, 3.8) is 0 Å². The molecule has 0 radical (unpaired) electrons. The van der Waals surface area contributed by atoms with Crippen molar-refractivity contribution in [3.8, 4) is 11.4 Å². The highest BCUT2D eigenvalue weighted by atomic mass is 32.3. The van der Waals surface area contributed by atoms with Crippen LogP contribution in [-0.2, 0) is 14.4 Å². The quantitative estimate of drug-likeness (QED) is 0.720. The van der Waals surface area contributed by atoms with Gasteiger partial charge in [0.25, 0.3) is 5.91 Å². The standard InChI is InChI=1S/C17H16N4O3S/c1-25(23,24)14-7-2-11(3-8-14)16-20-19-15-9-4-12(10-21(15)16)17(22)18-13-5-6-13/h2-4,7-10,13H,5-6H2,1H3,(H-,18,22,23,24). The van der Waals surface area contributed by atoms with E-state index in [1.165, 1.54) is 18.4 Å². The highest BCUT2D eigenvalue weighted by molar-refractivity contribution is 7.97. The lowest BCUT2D eigenvalue weighted by Gasteiger charge is -2.09. The van der Waals surface area contributed by atoms with Gasteiger partial charge >= 0.3 is 0 Å². The van der Waals surface area contributed by atoms with Crippen LogP contribution in [-0.4, -0.2) is 37.4 Å². The monoisotopic (exact) mass is 356 g/mol. The van der Waals surface area contributed by atoms with E-state index in [-0.39, 0.29) is 16.8 Å². The van der Waals surface area contributed by atoms with E-state index in [9.17, 15) is 13.6 Å². The van der Waals surface area contributed by atoms with E-state index in [0.29, 0.717) is 17.0 Å². The Morgan fingerprint density at radius 1 is 1.20 bits per heavy atom. The molecule has 1 N–H and O–H groups in total. The Balaban J connectivity index is 1.71. The van der Waals surface area contributed by atoms with Crippen LogP contribution >= 0.6 is 0 Å². The smallest absolute Gasteiger partial charge is 0.252 e. The van der Waals surface area contributed by atoms with Crippen molar-refractivity contribution in [2.45, 2.75) is 23.8 Å². The van der Waals surface area contributed by atoms with Crippen LogP contribution in [0, 0.1) is 0 Å². The summed E-state index contributed by atoms with van der Waals surface area (Å²) in [5.41, 5.74) is 1.87. The van der Waals surface area contributed by atoms with Crippen molar-refractivity contribution in [1.29, 1.82) is 0 Å². The maximum Gasteiger partial charge on any atom is 0.252 e. The van der Waals surface area contributed by atoms with Gasteiger partial charge in [-0.15, -0.1) is 14.4 Å². The van der Waals surface area contributed by atoms with Gasteiger partial charge in [0.15, 0.2) is 16.4 Å². The van der Waals surface area contributed by atoms with Crippen LogP contribution in [0.2, 0.25) is 0 Å². The summed E-state index contributed by atoms with van der Waals surface area (Å²) in [7, 11) is -3.25. The molecule has 0 saturated heterocycles. The van der Waals surface area contributed by atoms with E-state index in [1.54, 1.807) is 34.9 Å². The fourth-order valence-corrected chi connectivity index (χ4v) is 3.20. The molecule has 0 bridgehead atoms. The van der Waals surface area contributed by atoms with Gasteiger partial charge in [-0.1, -0.05) is 0 Å². The summed E-state index contributed by atoms with van der Waals surface area (Å²) in [5, 5.41) is 11.2. The fraction of sp³-hybridized carbons (Fsp3) is 0.235. The number of hydrogen-bond acceptors (Lipinski definition) is 5. The van der Waals surface area contributed by atoms with Crippen LogP contribution in [0.5, 0.6) is 0 Å². The lowest BCUT2D eigenvalue weighted by molar-refractivity contribution is 0.0950. The van der Waals surface area contributed by atoms with E-state index in [1.807, 2.05) is 0 Å². The molecule has 8 heteroatoms. The average Bonchev–Trinajstić information content (AvgIpc) is 3.30. The van der Waals surface area contributed by atoms with Crippen LogP contribution in [0.3, 0.4) is 0 Å². The second-order valence-corrected chi connectivity index (χ2v) is 8.23. The van der Waals surface area contributed by atoms with Gasteiger partial charge in [0, 0.05) is 17.8 Å². The Kier molecular flexibility index (Phi) is 3.66. The topological polar surface area (TPSA) is 99.4 Å². The zero-order valence-corrected chi connectivity index (χ0v) is 14.3. The average molecular weight is 356 g/mol. The predicted molar refractivity (Wildman–Crippen MR) is 91.9 cm³/mol. The van der Waals surface area contributed by atoms with Gasteiger partial charge in [-0.3, -0.25) is 9.20 Å². The van der Waals surface area contributed by atoms with Crippen molar-refractivity contribution >= 4 is 21.8 Å². The SMILES string of the molecule is C[S+](=O)([O-])c1ccc(-c2nnc3ccc(C(=O)NC4CC4)cn23)cc1. The molecule has 1 aliphatic carbocycles. The first-order chi connectivity index (χ1) is 11.9. The molecule has 128 valence electrons. The van der Waals surface area contributed by atoms with E-state index in [2.05, 4.69) is 15.5 Å². The fourth-order valence-electron chi connectivity index (χ4n) is 2.57. The molecule has 1 aliphatic rings. The van der Waals surface area contributed by atoms with Crippen molar-refractivity contribution in [2.75, 3.05) is 6.26 Å². The molecule has 7 nitrogen and oxygen atoms in total. The number of hydrogen-bond donors (Lipinski definition) is 1. The molecule has 1 saturated carbocycles. The second-order valence-electron chi connectivity index (χ2n) is 6.21. The number of benzene rings is 1. The largest absolute Gasteiger partial charge is 0.610 e. The molecule has 1 aromatic carbocycles. The lowest BCUT2D eigenvalue weighted by atomic mass is 10.2. The molecular weight excluding hydrogens is 340 g/mol. The number of carbonyl (C=O) groups is 1. The molecule has 1 amide bonds. The van der Waals surface area contributed by atoms with Crippen LogP contribution in [0.4, 0.5) is 0 Å². The summed E-state index contributed by atoms with van der Waals surface area (Å²) in [4.78, 5) is 12.5. The molecule has 3 aromatic rings. The summed E-state index contributed by atoms with van der Waals surface area (Å²) in [6.07, 6.45) is 4.92. The first kappa shape index (κ1) is 15.9.